The van der Waals surface area contributed by atoms with Gasteiger partial charge >= 0.3 is 5.69 Å². The Morgan fingerprint density at radius 2 is 1.71 bits per heavy atom. The first-order valence-electron chi connectivity index (χ1n) is 9.02. The van der Waals surface area contributed by atoms with Gasteiger partial charge in [0.2, 0.25) is 5.78 Å². The van der Waals surface area contributed by atoms with Crippen molar-refractivity contribution in [3.63, 3.8) is 0 Å². The van der Waals surface area contributed by atoms with Gasteiger partial charge in [0.15, 0.2) is 11.2 Å². The number of ketones is 1. The smallest absolute Gasteiger partial charge is 0.309 e. The van der Waals surface area contributed by atoms with Gasteiger partial charge in [-0.05, 0) is 26.3 Å². The molecule has 3 aromatic heterocycles. The molecule has 0 aliphatic carbocycles. The molecule has 1 aromatic carbocycles. The monoisotopic (exact) mass is 379 g/mol. The van der Waals surface area contributed by atoms with Crippen molar-refractivity contribution in [1.82, 2.24) is 23.1 Å². The molecular formula is C20H21N5O3. The van der Waals surface area contributed by atoms with E-state index in [9.17, 15) is 14.4 Å². The molecule has 0 saturated heterocycles. The van der Waals surface area contributed by atoms with Crippen molar-refractivity contribution in [2.45, 2.75) is 33.9 Å². The summed E-state index contributed by atoms with van der Waals surface area (Å²) in [7, 11) is 1.57. The van der Waals surface area contributed by atoms with Gasteiger partial charge in [-0.15, -0.1) is 0 Å². The van der Waals surface area contributed by atoms with Gasteiger partial charge in [0.25, 0.3) is 5.56 Å². The molecular weight excluding hydrogens is 358 g/mol. The van der Waals surface area contributed by atoms with Crippen molar-refractivity contribution in [3.8, 4) is 0 Å². The molecule has 8 heteroatoms. The number of rotatable bonds is 4. The molecule has 0 bridgehead atoms. The average molecular weight is 379 g/mol. The maximum atomic E-state index is 13.1. The van der Waals surface area contributed by atoms with Crippen molar-refractivity contribution >= 4 is 22.7 Å². The molecule has 3 heterocycles. The van der Waals surface area contributed by atoms with E-state index in [1.54, 1.807) is 11.4 Å². The predicted molar refractivity (Wildman–Crippen MR) is 106 cm³/mol. The number of imidazole rings is 2. The van der Waals surface area contributed by atoms with Crippen LogP contribution in [0.2, 0.25) is 0 Å². The van der Waals surface area contributed by atoms with E-state index in [-0.39, 0.29) is 12.3 Å². The summed E-state index contributed by atoms with van der Waals surface area (Å²) in [5.41, 5.74) is 2.55. The molecule has 4 aromatic rings. The summed E-state index contributed by atoms with van der Waals surface area (Å²) in [5.74, 6) is 0.343. The second-order valence-corrected chi connectivity index (χ2v) is 7.10. The lowest BCUT2D eigenvalue weighted by Gasteiger charge is -2.07. The zero-order valence-electron chi connectivity index (χ0n) is 16.3. The molecule has 0 N–H and O–H groups in total. The van der Waals surface area contributed by atoms with Crippen molar-refractivity contribution in [1.29, 1.82) is 0 Å². The third kappa shape index (κ3) is 2.52. The van der Waals surface area contributed by atoms with E-state index in [1.165, 1.54) is 11.5 Å². The van der Waals surface area contributed by atoms with Gasteiger partial charge in [-0.3, -0.25) is 23.1 Å². The molecule has 8 nitrogen and oxygen atoms in total. The molecule has 0 saturated carbocycles. The van der Waals surface area contributed by atoms with Crippen LogP contribution in [0.4, 0.5) is 0 Å². The van der Waals surface area contributed by atoms with Gasteiger partial charge < -0.3 is 4.57 Å². The summed E-state index contributed by atoms with van der Waals surface area (Å²) < 4.78 is 6.12. The lowest BCUT2D eigenvalue weighted by molar-refractivity contribution is -0.117. The minimum Gasteiger partial charge on any atom is -0.309 e. The van der Waals surface area contributed by atoms with E-state index in [1.807, 2.05) is 48.7 Å². The Hall–Kier alpha value is -3.42. The second kappa shape index (κ2) is 6.33. The molecule has 0 aliphatic heterocycles. The van der Waals surface area contributed by atoms with Gasteiger partial charge in [-0.2, -0.15) is 4.98 Å². The van der Waals surface area contributed by atoms with Crippen LogP contribution in [0.25, 0.3) is 16.9 Å². The summed E-state index contributed by atoms with van der Waals surface area (Å²) >= 11 is 0. The second-order valence-electron chi connectivity index (χ2n) is 7.10. The summed E-state index contributed by atoms with van der Waals surface area (Å²) in [5, 5.41) is 0. The first-order valence-corrected chi connectivity index (χ1v) is 9.02. The highest BCUT2D eigenvalue weighted by Gasteiger charge is 2.22. The number of nitrogens with zero attached hydrogens (tertiary/aromatic N) is 5. The van der Waals surface area contributed by atoms with Gasteiger partial charge in [0.05, 0.1) is 13.1 Å². The quantitative estimate of drug-likeness (QED) is 0.537. The Labute approximate surface area is 160 Å². The number of fused-ring (bicyclic) bond motifs is 3. The third-order valence-corrected chi connectivity index (χ3v) is 5.19. The van der Waals surface area contributed by atoms with Crippen molar-refractivity contribution < 1.29 is 4.79 Å². The molecule has 0 spiro atoms. The Morgan fingerprint density at radius 1 is 1.04 bits per heavy atom. The van der Waals surface area contributed by atoms with Gasteiger partial charge in [0, 0.05) is 18.4 Å². The predicted octanol–water partition coefficient (Wildman–Crippen LogP) is 1.40. The number of carbonyl (C=O) groups excluding carboxylic acids is 1. The first kappa shape index (κ1) is 18.0. The van der Waals surface area contributed by atoms with Crippen LogP contribution in [0.15, 0.2) is 39.9 Å². The van der Waals surface area contributed by atoms with Gasteiger partial charge in [0.1, 0.15) is 5.78 Å². The summed E-state index contributed by atoms with van der Waals surface area (Å²) in [4.78, 5) is 41.8. The molecule has 28 heavy (non-hydrogen) atoms. The average Bonchev–Trinajstić information content (AvgIpc) is 3.16. The molecule has 0 amide bonds. The Bertz CT molecular complexity index is 1350. The van der Waals surface area contributed by atoms with E-state index >= 15 is 0 Å². The highest BCUT2D eigenvalue weighted by Crippen LogP contribution is 2.21. The van der Waals surface area contributed by atoms with Gasteiger partial charge in [-0.25, -0.2) is 4.79 Å². The lowest BCUT2D eigenvalue weighted by Crippen LogP contribution is -2.40. The number of hydrogen-bond acceptors (Lipinski definition) is 4. The largest absolute Gasteiger partial charge is 0.332 e. The standard InChI is InChI=1S/C20H21N5O3/c1-12(26)10-24-18(27)16-17(22(4)20(24)28)21-19-23(13(2)14(3)25(16)19)11-15-8-6-5-7-9-15/h5-9H,10-11H2,1-4H3. The van der Waals surface area contributed by atoms with Crippen LogP contribution >= 0.6 is 0 Å². The first-order chi connectivity index (χ1) is 13.3. The molecule has 0 fully saturated rings. The van der Waals surface area contributed by atoms with E-state index < -0.39 is 11.2 Å². The number of hydrogen-bond donors (Lipinski definition) is 0. The summed E-state index contributed by atoms with van der Waals surface area (Å²) in [6.45, 7) is 5.60. The minimum absolute atomic E-state index is 0.253. The minimum atomic E-state index is -0.544. The molecule has 4 rings (SSSR count). The SMILES string of the molecule is CC(=O)Cn1c(=O)c2c(nc3n(Cc4ccccc4)c(C)c(C)n23)n(C)c1=O. The number of aromatic nitrogens is 5. The van der Waals surface area contributed by atoms with Crippen molar-refractivity contribution in [3.05, 3.63) is 68.1 Å². The summed E-state index contributed by atoms with van der Waals surface area (Å²) in [6, 6.07) is 9.98. The zero-order chi connectivity index (χ0) is 20.2. The van der Waals surface area contributed by atoms with Crippen LogP contribution < -0.4 is 11.2 Å². The number of aryl methyl sites for hydroxylation is 2. The van der Waals surface area contributed by atoms with Crippen LogP contribution in [0.5, 0.6) is 0 Å². The van der Waals surface area contributed by atoms with Crippen LogP contribution in [0.1, 0.15) is 23.9 Å². The fraction of sp³-hybridized carbons (Fsp3) is 0.300. The van der Waals surface area contributed by atoms with E-state index in [0.717, 1.165) is 21.5 Å². The van der Waals surface area contributed by atoms with Crippen molar-refractivity contribution in [2.24, 2.45) is 7.05 Å². The molecule has 0 unspecified atom stereocenters. The highest BCUT2D eigenvalue weighted by molar-refractivity contribution is 5.78. The van der Waals surface area contributed by atoms with Crippen LogP contribution in [-0.2, 0) is 24.9 Å². The number of benzene rings is 1. The molecule has 0 atom stereocenters. The Kier molecular flexibility index (Phi) is 4.06. The van der Waals surface area contributed by atoms with E-state index in [2.05, 4.69) is 4.98 Å². The highest BCUT2D eigenvalue weighted by atomic mass is 16.2. The third-order valence-electron chi connectivity index (χ3n) is 5.19. The Balaban J connectivity index is 2.08. The van der Waals surface area contributed by atoms with Crippen LogP contribution in [0.3, 0.4) is 0 Å². The number of Topliss-reactive ketones (excluding diaryl/α,β-unsaturated/α-hetero) is 1. The zero-order valence-corrected chi connectivity index (χ0v) is 16.3. The molecule has 0 radical (unpaired) electrons. The van der Waals surface area contributed by atoms with Crippen LogP contribution in [0, 0.1) is 13.8 Å². The summed E-state index contributed by atoms with van der Waals surface area (Å²) in [6.07, 6.45) is 0. The fourth-order valence-corrected chi connectivity index (χ4v) is 3.63. The van der Waals surface area contributed by atoms with Crippen molar-refractivity contribution in [2.75, 3.05) is 0 Å². The maximum Gasteiger partial charge on any atom is 0.332 e. The van der Waals surface area contributed by atoms with E-state index in [4.69, 9.17) is 0 Å². The topological polar surface area (TPSA) is 83.3 Å². The fourth-order valence-electron chi connectivity index (χ4n) is 3.63. The Morgan fingerprint density at radius 3 is 2.36 bits per heavy atom. The van der Waals surface area contributed by atoms with E-state index in [0.29, 0.717) is 23.5 Å². The molecule has 144 valence electrons. The van der Waals surface area contributed by atoms with Crippen LogP contribution in [-0.4, -0.2) is 28.9 Å². The number of carbonyl (C=O) groups is 1. The maximum absolute atomic E-state index is 13.1. The normalized spacial score (nSPS) is 11.6. The lowest BCUT2D eigenvalue weighted by atomic mass is 10.2. The molecule has 0 aliphatic rings. The van der Waals surface area contributed by atoms with Gasteiger partial charge in [-0.1, -0.05) is 30.3 Å².